The van der Waals surface area contributed by atoms with Crippen LogP contribution in [-0.2, 0) is 9.59 Å². The maximum Gasteiger partial charge on any atom is 0.317 e. The quantitative estimate of drug-likeness (QED) is 0.752. The number of amides is 1. The molecule has 0 aliphatic carbocycles. The van der Waals surface area contributed by atoms with Crippen LogP contribution in [0.15, 0.2) is 18.2 Å². The van der Waals surface area contributed by atoms with E-state index in [9.17, 15) is 9.59 Å². The second-order valence-corrected chi connectivity index (χ2v) is 6.98. The number of nitrogens with one attached hydrogen (secondary N) is 1. The summed E-state index contributed by atoms with van der Waals surface area (Å²) in [5.41, 5.74) is 0.507. The Morgan fingerprint density at radius 2 is 2.00 bits per heavy atom. The highest BCUT2D eigenvalue weighted by atomic mass is 35.5. The maximum atomic E-state index is 12.2. The van der Waals surface area contributed by atoms with Crippen molar-refractivity contribution in [2.45, 2.75) is 25.8 Å². The lowest BCUT2D eigenvalue weighted by molar-refractivity contribution is -0.139. The Hall–Kier alpha value is -1.34. The number of carbonyl (C=O) groups is 2. The number of hydrogen-bond donors (Lipinski definition) is 2. The fourth-order valence-electron chi connectivity index (χ4n) is 3.10. The van der Waals surface area contributed by atoms with Gasteiger partial charge in [0.05, 0.1) is 23.8 Å². The number of carbonyl (C=O) groups excluding carboxylic acids is 1. The van der Waals surface area contributed by atoms with E-state index in [4.69, 9.17) is 28.3 Å². The van der Waals surface area contributed by atoms with Crippen molar-refractivity contribution in [2.75, 3.05) is 38.0 Å². The van der Waals surface area contributed by atoms with Gasteiger partial charge in [-0.15, -0.1) is 0 Å². The molecule has 138 valence electrons. The zero-order valence-corrected chi connectivity index (χ0v) is 15.7. The number of carboxylic acid groups (broad SMARTS) is 1. The van der Waals surface area contributed by atoms with Crippen molar-refractivity contribution < 1.29 is 14.7 Å². The Balaban J connectivity index is 1.82. The molecule has 0 saturated carbocycles. The number of halogens is 2. The number of carboxylic acids is 1. The maximum absolute atomic E-state index is 12.2. The average molecular weight is 388 g/mol. The molecule has 2 N–H and O–H groups in total. The number of aliphatic carboxylic acids is 1. The van der Waals surface area contributed by atoms with Gasteiger partial charge in [-0.25, -0.2) is 0 Å². The average Bonchev–Trinajstić information content (AvgIpc) is 2.56. The summed E-state index contributed by atoms with van der Waals surface area (Å²) in [5, 5.41) is 12.7. The lowest BCUT2D eigenvalue weighted by Crippen LogP contribution is -2.48. The fourth-order valence-corrected chi connectivity index (χ4v) is 3.44. The number of hydrogen-bond acceptors (Lipinski definition) is 4. The molecule has 1 aromatic rings. The van der Waals surface area contributed by atoms with E-state index in [1.54, 1.807) is 18.2 Å². The molecule has 2 rings (SSSR count). The second kappa shape index (κ2) is 9.38. The fraction of sp³-hybridized carbons (Fsp3) is 0.529. The van der Waals surface area contributed by atoms with Crippen LogP contribution in [0.1, 0.15) is 19.8 Å². The summed E-state index contributed by atoms with van der Waals surface area (Å²) in [4.78, 5) is 27.2. The van der Waals surface area contributed by atoms with Crippen LogP contribution in [0.2, 0.25) is 10.0 Å². The Bertz CT molecular complexity index is 619. The molecule has 1 fully saturated rings. The highest BCUT2D eigenvalue weighted by molar-refractivity contribution is 6.35. The summed E-state index contributed by atoms with van der Waals surface area (Å²) in [7, 11) is 0. The van der Waals surface area contributed by atoms with Gasteiger partial charge in [-0.3, -0.25) is 19.4 Å². The second-order valence-electron chi connectivity index (χ2n) is 6.14. The molecule has 1 saturated heterocycles. The van der Waals surface area contributed by atoms with E-state index in [0.717, 1.165) is 25.9 Å². The van der Waals surface area contributed by atoms with Crippen molar-refractivity contribution in [1.29, 1.82) is 0 Å². The first kappa shape index (κ1) is 20.0. The molecule has 1 aromatic carbocycles. The Kier molecular flexibility index (Phi) is 7.50. The van der Waals surface area contributed by atoms with Crippen LogP contribution in [0.4, 0.5) is 5.69 Å². The van der Waals surface area contributed by atoms with Gasteiger partial charge >= 0.3 is 5.97 Å². The van der Waals surface area contributed by atoms with Crippen LogP contribution in [0, 0.1) is 0 Å². The minimum atomic E-state index is -0.804. The number of nitrogens with zero attached hydrogens (tertiary/aromatic N) is 2. The molecular weight excluding hydrogens is 365 g/mol. The molecule has 0 atom stereocenters. The minimum absolute atomic E-state index is 0.0644. The number of piperidine rings is 1. The molecule has 0 radical (unpaired) electrons. The van der Waals surface area contributed by atoms with E-state index in [1.165, 1.54) is 0 Å². The number of likely N-dealkylation sites (N-methyl/N-ethyl adjacent to an activating group) is 1. The number of anilines is 1. The van der Waals surface area contributed by atoms with Gasteiger partial charge in [-0.1, -0.05) is 30.1 Å². The van der Waals surface area contributed by atoms with Crippen molar-refractivity contribution in [3.05, 3.63) is 28.2 Å². The highest BCUT2D eigenvalue weighted by Gasteiger charge is 2.25. The molecule has 25 heavy (non-hydrogen) atoms. The predicted octanol–water partition coefficient (Wildman–Crippen LogP) is 2.80. The van der Waals surface area contributed by atoms with E-state index in [1.807, 2.05) is 11.8 Å². The molecule has 1 aliphatic heterocycles. The molecule has 0 bridgehead atoms. The van der Waals surface area contributed by atoms with E-state index in [-0.39, 0.29) is 25.0 Å². The van der Waals surface area contributed by atoms with Crippen LogP contribution in [-0.4, -0.2) is 65.5 Å². The van der Waals surface area contributed by atoms with Gasteiger partial charge in [0.1, 0.15) is 0 Å². The number of benzene rings is 1. The normalized spacial score (nSPS) is 16.2. The molecule has 0 aromatic heterocycles. The van der Waals surface area contributed by atoms with Gasteiger partial charge in [-0.2, -0.15) is 0 Å². The first-order chi connectivity index (χ1) is 11.9. The monoisotopic (exact) mass is 387 g/mol. The van der Waals surface area contributed by atoms with Crippen LogP contribution in [0.3, 0.4) is 0 Å². The molecule has 1 heterocycles. The molecule has 1 aliphatic rings. The summed E-state index contributed by atoms with van der Waals surface area (Å²) < 4.78 is 0. The van der Waals surface area contributed by atoms with Crippen molar-refractivity contribution in [3.8, 4) is 0 Å². The van der Waals surface area contributed by atoms with E-state index in [2.05, 4.69) is 10.2 Å². The molecule has 6 nitrogen and oxygen atoms in total. The van der Waals surface area contributed by atoms with Crippen molar-refractivity contribution in [2.24, 2.45) is 0 Å². The molecular formula is C17H23Cl2N3O3. The first-order valence-electron chi connectivity index (χ1n) is 8.32. The summed E-state index contributed by atoms with van der Waals surface area (Å²) in [6, 6.07) is 5.19. The first-order valence-corrected chi connectivity index (χ1v) is 9.07. The van der Waals surface area contributed by atoms with Crippen LogP contribution in [0.5, 0.6) is 0 Å². The largest absolute Gasteiger partial charge is 0.480 e. The van der Waals surface area contributed by atoms with Gasteiger partial charge in [0.2, 0.25) is 5.91 Å². The minimum Gasteiger partial charge on any atom is -0.480 e. The SMILES string of the molecule is CCN(CC(=O)O)C1CCN(CC(=O)Nc2cc(Cl)ccc2Cl)CC1. The Labute approximate surface area is 157 Å². The third-order valence-electron chi connectivity index (χ3n) is 4.39. The molecule has 0 unspecified atom stereocenters. The zero-order valence-electron chi connectivity index (χ0n) is 14.2. The molecule has 8 heteroatoms. The highest BCUT2D eigenvalue weighted by Crippen LogP contribution is 2.25. The van der Waals surface area contributed by atoms with Crippen LogP contribution < -0.4 is 5.32 Å². The van der Waals surface area contributed by atoms with E-state index < -0.39 is 5.97 Å². The third-order valence-corrected chi connectivity index (χ3v) is 4.95. The third kappa shape index (κ3) is 6.15. The summed E-state index contributed by atoms with van der Waals surface area (Å²) in [6.07, 6.45) is 1.71. The van der Waals surface area contributed by atoms with Crippen molar-refractivity contribution in [3.63, 3.8) is 0 Å². The lowest BCUT2D eigenvalue weighted by atomic mass is 10.0. The van der Waals surface area contributed by atoms with Gasteiger partial charge in [0.15, 0.2) is 0 Å². The van der Waals surface area contributed by atoms with E-state index >= 15 is 0 Å². The number of likely N-dealkylation sites (tertiary alicyclic amines) is 1. The van der Waals surface area contributed by atoms with Crippen molar-refractivity contribution >= 4 is 40.8 Å². The van der Waals surface area contributed by atoms with Crippen molar-refractivity contribution in [1.82, 2.24) is 9.80 Å². The zero-order chi connectivity index (χ0) is 18.4. The van der Waals surface area contributed by atoms with Gasteiger partial charge in [0, 0.05) is 24.2 Å². The predicted molar refractivity (Wildman–Crippen MR) is 99.4 cm³/mol. The van der Waals surface area contributed by atoms with Crippen LogP contribution in [0.25, 0.3) is 0 Å². The molecule has 0 spiro atoms. The summed E-state index contributed by atoms with van der Waals surface area (Å²) >= 11 is 12.0. The number of rotatable bonds is 7. The van der Waals surface area contributed by atoms with Gasteiger partial charge < -0.3 is 10.4 Å². The summed E-state index contributed by atoms with van der Waals surface area (Å²) in [6.45, 7) is 4.55. The van der Waals surface area contributed by atoms with Gasteiger partial charge in [-0.05, 0) is 37.6 Å². The van der Waals surface area contributed by atoms with Crippen LogP contribution >= 0.6 is 23.2 Å². The summed E-state index contributed by atoms with van der Waals surface area (Å²) in [5.74, 6) is -0.942. The molecule has 1 amide bonds. The smallest absolute Gasteiger partial charge is 0.317 e. The Morgan fingerprint density at radius 1 is 1.32 bits per heavy atom. The Morgan fingerprint density at radius 3 is 2.60 bits per heavy atom. The standard InChI is InChI=1S/C17H23Cl2N3O3/c1-2-22(11-17(24)25)13-5-7-21(8-6-13)10-16(23)20-15-9-12(18)3-4-14(15)19/h3-4,9,13H,2,5-8,10-11H2,1H3,(H,20,23)(H,24,25). The van der Waals surface area contributed by atoms with E-state index in [0.29, 0.717) is 22.3 Å². The lowest BCUT2D eigenvalue weighted by Gasteiger charge is -2.37. The van der Waals surface area contributed by atoms with Gasteiger partial charge in [0.25, 0.3) is 0 Å². The topological polar surface area (TPSA) is 72.9 Å².